The number of amides is 1. The Labute approximate surface area is 167 Å². The molecule has 2 aromatic rings. The molecule has 5 heteroatoms. The van der Waals surface area contributed by atoms with Crippen molar-refractivity contribution in [3.63, 3.8) is 0 Å². The second kappa shape index (κ2) is 8.74. The van der Waals surface area contributed by atoms with Crippen LogP contribution in [0.1, 0.15) is 25.3 Å². The van der Waals surface area contributed by atoms with Crippen molar-refractivity contribution in [2.24, 2.45) is 11.8 Å². The average molecular weight is 379 g/mol. The predicted octanol–water partition coefficient (Wildman–Crippen LogP) is 2.93. The van der Waals surface area contributed by atoms with Gasteiger partial charge in [0.25, 0.3) is 0 Å². The van der Waals surface area contributed by atoms with Crippen LogP contribution in [0.25, 0.3) is 0 Å². The molecule has 4 rings (SSSR count). The Bertz CT molecular complexity index is 759. The molecular weight excluding hydrogens is 348 g/mol. The zero-order chi connectivity index (χ0) is 19.3. The molecule has 1 amide bonds. The minimum atomic E-state index is 0.0990. The van der Waals surface area contributed by atoms with Gasteiger partial charge in [-0.2, -0.15) is 0 Å². The lowest BCUT2D eigenvalue weighted by molar-refractivity contribution is -0.126. The number of aromatic nitrogens is 1. The first-order chi connectivity index (χ1) is 13.7. The maximum Gasteiger partial charge on any atom is 0.224 e. The number of nitrogens with zero attached hydrogens (tertiary/aromatic N) is 3. The van der Waals surface area contributed by atoms with E-state index >= 15 is 0 Å². The molecule has 5 nitrogen and oxygen atoms in total. The van der Waals surface area contributed by atoms with Crippen LogP contribution in [0.3, 0.4) is 0 Å². The lowest BCUT2D eigenvalue weighted by atomic mass is 9.96. The van der Waals surface area contributed by atoms with Crippen LogP contribution < -0.4 is 10.2 Å². The van der Waals surface area contributed by atoms with Gasteiger partial charge in [-0.05, 0) is 36.5 Å². The van der Waals surface area contributed by atoms with Gasteiger partial charge in [-0.1, -0.05) is 37.3 Å². The van der Waals surface area contributed by atoms with E-state index in [0.717, 1.165) is 45.6 Å². The molecule has 0 saturated carbocycles. The van der Waals surface area contributed by atoms with Crippen LogP contribution in [0.2, 0.25) is 0 Å². The van der Waals surface area contributed by atoms with Gasteiger partial charge in [0.1, 0.15) is 0 Å². The first-order valence-electron chi connectivity index (χ1n) is 10.4. The molecule has 2 atom stereocenters. The van der Waals surface area contributed by atoms with Gasteiger partial charge in [0.05, 0.1) is 5.92 Å². The van der Waals surface area contributed by atoms with Crippen molar-refractivity contribution in [3.05, 3.63) is 60.4 Å². The number of piperidine rings is 1. The van der Waals surface area contributed by atoms with Crippen molar-refractivity contribution >= 4 is 11.6 Å². The van der Waals surface area contributed by atoms with E-state index in [-0.39, 0.29) is 11.8 Å². The molecule has 3 heterocycles. The summed E-state index contributed by atoms with van der Waals surface area (Å²) >= 11 is 0. The van der Waals surface area contributed by atoms with Crippen molar-refractivity contribution < 1.29 is 4.79 Å². The molecule has 1 aromatic carbocycles. The maximum atomic E-state index is 12.9. The Balaban J connectivity index is 1.26. The normalized spacial score (nSPS) is 23.7. The highest BCUT2D eigenvalue weighted by molar-refractivity contribution is 5.80. The number of likely N-dealkylation sites (tertiary alicyclic amines) is 1. The van der Waals surface area contributed by atoms with Crippen LogP contribution >= 0.6 is 0 Å². The number of pyridine rings is 1. The van der Waals surface area contributed by atoms with Gasteiger partial charge in [-0.3, -0.25) is 14.7 Å². The summed E-state index contributed by atoms with van der Waals surface area (Å²) in [6.45, 7) is 6.95. The van der Waals surface area contributed by atoms with Gasteiger partial charge < -0.3 is 10.2 Å². The van der Waals surface area contributed by atoms with E-state index in [1.807, 2.05) is 18.5 Å². The maximum absolute atomic E-state index is 12.9. The molecule has 2 fully saturated rings. The number of carbonyl (C=O) groups excluding carboxylic acids is 1. The van der Waals surface area contributed by atoms with Gasteiger partial charge in [0, 0.05) is 56.8 Å². The first-order valence-corrected chi connectivity index (χ1v) is 10.4. The van der Waals surface area contributed by atoms with Crippen LogP contribution in [0.4, 0.5) is 5.69 Å². The second-order valence-corrected chi connectivity index (χ2v) is 8.24. The smallest absolute Gasteiger partial charge is 0.224 e. The lowest BCUT2D eigenvalue weighted by Gasteiger charge is -2.34. The number of anilines is 1. The predicted molar refractivity (Wildman–Crippen MR) is 112 cm³/mol. The number of rotatable bonds is 5. The molecule has 0 aliphatic carbocycles. The number of hydrogen-bond donors (Lipinski definition) is 1. The minimum Gasteiger partial charge on any atom is -0.371 e. The fourth-order valence-corrected chi connectivity index (χ4v) is 4.52. The van der Waals surface area contributed by atoms with E-state index < -0.39 is 0 Å². The fourth-order valence-electron chi connectivity index (χ4n) is 4.52. The number of carbonyl (C=O) groups is 1. The molecule has 0 bridgehead atoms. The average Bonchev–Trinajstić information content (AvgIpc) is 3.10. The summed E-state index contributed by atoms with van der Waals surface area (Å²) in [6.07, 6.45) is 5.68. The fraction of sp³-hybridized carbons (Fsp3) is 0.478. The molecule has 2 saturated heterocycles. The molecule has 2 unspecified atom stereocenters. The third kappa shape index (κ3) is 4.53. The Morgan fingerprint density at radius 3 is 2.50 bits per heavy atom. The summed E-state index contributed by atoms with van der Waals surface area (Å²) < 4.78 is 0. The first kappa shape index (κ1) is 18.9. The summed E-state index contributed by atoms with van der Waals surface area (Å²) in [5.74, 6) is 0.744. The summed E-state index contributed by atoms with van der Waals surface area (Å²) in [4.78, 5) is 21.8. The molecule has 2 aliphatic rings. The van der Waals surface area contributed by atoms with Crippen LogP contribution in [0.15, 0.2) is 54.9 Å². The van der Waals surface area contributed by atoms with Crippen molar-refractivity contribution in [2.45, 2.75) is 32.4 Å². The van der Waals surface area contributed by atoms with Gasteiger partial charge in [-0.25, -0.2) is 0 Å². The Morgan fingerprint density at radius 1 is 1.07 bits per heavy atom. The summed E-state index contributed by atoms with van der Waals surface area (Å²) in [7, 11) is 0. The van der Waals surface area contributed by atoms with Crippen LogP contribution in [-0.4, -0.2) is 48.0 Å². The van der Waals surface area contributed by atoms with E-state index in [9.17, 15) is 4.79 Å². The Kier molecular flexibility index (Phi) is 5.91. The van der Waals surface area contributed by atoms with E-state index in [0.29, 0.717) is 12.0 Å². The van der Waals surface area contributed by atoms with Crippen LogP contribution in [0.5, 0.6) is 0 Å². The summed E-state index contributed by atoms with van der Waals surface area (Å²) in [5.41, 5.74) is 2.54. The monoisotopic (exact) mass is 378 g/mol. The quantitative estimate of drug-likeness (QED) is 0.869. The van der Waals surface area contributed by atoms with Gasteiger partial charge >= 0.3 is 0 Å². The largest absolute Gasteiger partial charge is 0.371 e. The standard InChI is InChI=1S/C23H30N4O/c1-18-15-26(16-19-5-3-2-4-6-19)17-22(18)23(28)25-20-9-13-27(14-10-20)21-7-11-24-12-8-21/h2-8,11-12,18,20,22H,9-10,13-17H2,1H3,(H,25,28). The van der Waals surface area contributed by atoms with Gasteiger partial charge in [0.15, 0.2) is 0 Å². The topological polar surface area (TPSA) is 48.5 Å². The lowest BCUT2D eigenvalue weighted by Crippen LogP contribution is -2.47. The second-order valence-electron chi connectivity index (χ2n) is 8.24. The van der Waals surface area contributed by atoms with Crippen molar-refractivity contribution in [3.8, 4) is 0 Å². The van der Waals surface area contributed by atoms with Crippen LogP contribution in [-0.2, 0) is 11.3 Å². The number of nitrogens with one attached hydrogen (secondary N) is 1. The molecule has 1 aromatic heterocycles. The molecular formula is C23H30N4O. The van der Waals surface area contributed by atoms with E-state index in [4.69, 9.17) is 0 Å². The van der Waals surface area contributed by atoms with E-state index in [1.54, 1.807) is 0 Å². The SMILES string of the molecule is CC1CN(Cc2ccccc2)CC1C(=O)NC1CCN(c2ccncc2)CC1. The molecule has 0 radical (unpaired) electrons. The molecule has 1 N–H and O–H groups in total. The van der Waals surface area contributed by atoms with Crippen molar-refractivity contribution in [2.75, 3.05) is 31.1 Å². The van der Waals surface area contributed by atoms with Crippen molar-refractivity contribution in [1.29, 1.82) is 0 Å². The zero-order valence-corrected chi connectivity index (χ0v) is 16.6. The molecule has 0 spiro atoms. The van der Waals surface area contributed by atoms with Gasteiger partial charge in [0.2, 0.25) is 5.91 Å². The number of hydrogen-bond acceptors (Lipinski definition) is 4. The summed E-state index contributed by atoms with van der Waals surface area (Å²) in [5, 5.41) is 3.34. The minimum absolute atomic E-state index is 0.0990. The van der Waals surface area contributed by atoms with Gasteiger partial charge in [-0.15, -0.1) is 0 Å². The highest BCUT2D eigenvalue weighted by Gasteiger charge is 2.35. The highest BCUT2D eigenvalue weighted by atomic mass is 16.2. The third-order valence-electron chi connectivity index (χ3n) is 6.14. The highest BCUT2D eigenvalue weighted by Crippen LogP contribution is 2.26. The molecule has 2 aliphatic heterocycles. The van der Waals surface area contributed by atoms with Crippen LogP contribution in [0, 0.1) is 11.8 Å². The zero-order valence-electron chi connectivity index (χ0n) is 16.6. The van der Waals surface area contributed by atoms with E-state index in [1.165, 1.54) is 11.3 Å². The van der Waals surface area contributed by atoms with E-state index in [2.05, 4.69) is 63.4 Å². The third-order valence-corrected chi connectivity index (χ3v) is 6.14. The Hall–Kier alpha value is -2.40. The molecule has 148 valence electrons. The molecule has 28 heavy (non-hydrogen) atoms. The Morgan fingerprint density at radius 2 is 1.79 bits per heavy atom. The number of benzene rings is 1. The van der Waals surface area contributed by atoms with Crippen molar-refractivity contribution in [1.82, 2.24) is 15.2 Å². The summed E-state index contributed by atoms with van der Waals surface area (Å²) in [6, 6.07) is 14.9.